The molecule has 2 rings (SSSR count). The highest BCUT2D eigenvalue weighted by Gasteiger charge is 2.17. The summed E-state index contributed by atoms with van der Waals surface area (Å²) in [4.78, 5) is 39.2. The van der Waals surface area contributed by atoms with Gasteiger partial charge in [0.2, 0.25) is 0 Å². The van der Waals surface area contributed by atoms with E-state index in [9.17, 15) is 19.7 Å². The zero-order chi connectivity index (χ0) is 15.4. The number of aromatic amines is 1. The molecule has 0 radical (unpaired) electrons. The minimum atomic E-state index is -0.630. The van der Waals surface area contributed by atoms with Crippen LogP contribution in [0.5, 0.6) is 0 Å². The molecular weight excluding hydrogens is 300 g/mol. The second-order valence-corrected chi connectivity index (χ2v) is 4.72. The van der Waals surface area contributed by atoms with E-state index in [-0.39, 0.29) is 23.1 Å². The lowest BCUT2D eigenvalue weighted by Crippen LogP contribution is -2.12. The van der Waals surface area contributed by atoms with Crippen molar-refractivity contribution in [1.29, 1.82) is 0 Å². The van der Waals surface area contributed by atoms with Crippen LogP contribution in [0.15, 0.2) is 17.5 Å². The van der Waals surface area contributed by atoms with Gasteiger partial charge in [-0.1, -0.05) is 0 Å². The van der Waals surface area contributed by atoms with Crippen LogP contribution in [0, 0.1) is 10.1 Å². The van der Waals surface area contributed by atoms with E-state index >= 15 is 0 Å². The number of H-pyrrole nitrogens is 1. The van der Waals surface area contributed by atoms with Gasteiger partial charge in [0.25, 0.3) is 5.91 Å². The lowest BCUT2D eigenvalue weighted by molar-refractivity contribution is -0.389. The standard InChI is InChI=1S/C11H10N4O5S/c1-20-9(16)4-6-5-21-11(12-6)14-10(17)7-2-3-8(13-7)15(18)19/h2-3,5,13H,4H2,1H3,(H,12,14,17). The summed E-state index contributed by atoms with van der Waals surface area (Å²) in [6.45, 7) is 0. The third-order valence-electron chi connectivity index (χ3n) is 2.44. The van der Waals surface area contributed by atoms with E-state index in [1.54, 1.807) is 5.38 Å². The number of nitrogens with one attached hydrogen (secondary N) is 2. The average molecular weight is 310 g/mol. The van der Waals surface area contributed by atoms with Crippen LogP contribution in [0.2, 0.25) is 0 Å². The van der Waals surface area contributed by atoms with Crippen molar-refractivity contribution in [3.05, 3.63) is 39.0 Å². The number of nitrogens with zero attached hydrogens (tertiary/aromatic N) is 2. The summed E-state index contributed by atoms with van der Waals surface area (Å²) >= 11 is 1.14. The van der Waals surface area contributed by atoms with Crippen molar-refractivity contribution < 1.29 is 19.2 Å². The number of hydrogen-bond acceptors (Lipinski definition) is 7. The van der Waals surface area contributed by atoms with Gasteiger partial charge in [-0.05, 0) is 11.0 Å². The molecule has 0 atom stereocenters. The van der Waals surface area contributed by atoms with Crippen molar-refractivity contribution in [3.63, 3.8) is 0 Å². The van der Waals surface area contributed by atoms with Crippen molar-refractivity contribution in [2.24, 2.45) is 0 Å². The smallest absolute Gasteiger partial charge is 0.321 e. The predicted molar refractivity (Wildman–Crippen MR) is 73.2 cm³/mol. The highest BCUT2D eigenvalue weighted by molar-refractivity contribution is 7.14. The Morgan fingerprint density at radius 1 is 1.52 bits per heavy atom. The Morgan fingerprint density at radius 2 is 2.29 bits per heavy atom. The number of carbonyl (C=O) groups excluding carboxylic acids is 2. The number of methoxy groups -OCH3 is 1. The van der Waals surface area contributed by atoms with Gasteiger partial charge in [-0.2, -0.15) is 0 Å². The first-order chi connectivity index (χ1) is 9.99. The third kappa shape index (κ3) is 3.63. The van der Waals surface area contributed by atoms with Crippen molar-refractivity contribution in [1.82, 2.24) is 9.97 Å². The summed E-state index contributed by atoms with van der Waals surface area (Å²) in [5, 5.41) is 14.9. The molecule has 0 bridgehead atoms. The Bertz CT molecular complexity index is 692. The molecule has 0 spiro atoms. The molecular formula is C11H10N4O5S. The second kappa shape index (κ2) is 6.13. The lowest BCUT2D eigenvalue weighted by Gasteiger charge is -1.97. The minimum Gasteiger partial charge on any atom is -0.469 e. The minimum absolute atomic E-state index is 0.0108. The molecule has 0 saturated carbocycles. The van der Waals surface area contributed by atoms with Gasteiger partial charge < -0.3 is 14.9 Å². The molecule has 9 nitrogen and oxygen atoms in total. The summed E-state index contributed by atoms with van der Waals surface area (Å²) in [6, 6.07) is 2.50. The number of anilines is 1. The van der Waals surface area contributed by atoms with E-state index in [1.807, 2.05) is 0 Å². The summed E-state index contributed by atoms with van der Waals surface area (Å²) < 4.78 is 4.51. The summed E-state index contributed by atoms with van der Waals surface area (Å²) in [7, 11) is 1.27. The maximum atomic E-state index is 11.8. The molecule has 2 aromatic heterocycles. The maximum absolute atomic E-state index is 11.8. The molecule has 0 saturated heterocycles. The number of amides is 1. The van der Waals surface area contributed by atoms with Crippen molar-refractivity contribution >= 4 is 34.2 Å². The SMILES string of the molecule is COC(=O)Cc1csc(NC(=O)c2ccc([N+](=O)[O-])[nH]2)n1. The lowest BCUT2D eigenvalue weighted by atomic mass is 10.3. The van der Waals surface area contributed by atoms with Crippen LogP contribution in [0.1, 0.15) is 16.2 Å². The Labute approximate surface area is 122 Å². The van der Waals surface area contributed by atoms with Crippen LogP contribution in [-0.4, -0.2) is 33.9 Å². The van der Waals surface area contributed by atoms with Gasteiger partial charge in [0, 0.05) is 11.4 Å². The fourth-order valence-corrected chi connectivity index (χ4v) is 2.16. The molecule has 10 heteroatoms. The molecule has 0 fully saturated rings. The number of nitro groups is 1. The monoisotopic (exact) mass is 310 g/mol. The van der Waals surface area contributed by atoms with Gasteiger partial charge in [-0.15, -0.1) is 11.3 Å². The fraction of sp³-hybridized carbons (Fsp3) is 0.182. The summed E-state index contributed by atoms with van der Waals surface area (Å²) in [5.74, 6) is -1.26. The van der Waals surface area contributed by atoms with Crippen molar-refractivity contribution in [2.75, 3.05) is 12.4 Å². The molecule has 1 amide bonds. The zero-order valence-corrected chi connectivity index (χ0v) is 11.6. The first kappa shape index (κ1) is 14.7. The van der Waals surface area contributed by atoms with Crippen molar-refractivity contribution in [3.8, 4) is 0 Å². The quantitative estimate of drug-likeness (QED) is 0.487. The normalized spacial score (nSPS) is 10.1. The maximum Gasteiger partial charge on any atom is 0.321 e. The average Bonchev–Trinajstić information content (AvgIpc) is 3.07. The molecule has 0 aromatic carbocycles. The number of ether oxygens (including phenoxy) is 1. The Kier molecular flexibility index (Phi) is 4.28. The molecule has 2 N–H and O–H groups in total. The summed E-state index contributed by atoms with van der Waals surface area (Å²) in [6.07, 6.45) is 0.0108. The van der Waals surface area contributed by atoms with Gasteiger partial charge in [0.1, 0.15) is 0 Å². The van der Waals surface area contributed by atoms with Crippen LogP contribution in [0.4, 0.5) is 10.9 Å². The number of hydrogen-bond donors (Lipinski definition) is 2. The largest absolute Gasteiger partial charge is 0.469 e. The zero-order valence-electron chi connectivity index (χ0n) is 10.8. The van der Waals surface area contributed by atoms with Gasteiger partial charge in [-0.25, -0.2) is 9.97 Å². The molecule has 0 aliphatic heterocycles. The van der Waals surface area contributed by atoms with Gasteiger partial charge in [-0.3, -0.25) is 14.9 Å². The van der Waals surface area contributed by atoms with Crippen LogP contribution in [-0.2, 0) is 16.0 Å². The molecule has 110 valence electrons. The number of thiazole rings is 1. The Morgan fingerprint density at radius 3 is 2.90 bits per heavy atom. The van der Waals surface area contributed by atoms with Crippen LogP contribution in [0.3, 0.4) is 0 Å². The molecule has 2 aromatic rings. The van der Waals surface area contributed by atoms with E-state index in [0.717, 1.165) is 11.3 Å². The number of esters is 1. The van der Waals surface area contributed by atoms with E-state index in [4.69, 9.17) is 0 Å². The third-order valence-corrected chi connectivity index (χ3v) is 3.24. The van der Waals surface area contributed by atoms with Gasteiger partial charge in [0.15, 0.2) is 10.8 Å². The van der Waals surface area contributed by atoms with E-state index in [1.165, 1.54) is 19.2 Å². The first-order valence-electron chi connectivity index (χ1n) is 5.65. The number of aromatic nitrogens is 2. The second-order valence-electron chi connectivity index (χ2n) is 3.87. The fourth-order valence-electron chi connectivity index (χ4n) is 1.45. The predicted octanol–water partition coefficient (Wildman–Crippen LogP) is 1.35. The highest BCUT2D eigenvalue weighted by atomic mass is 32.1. The number of carbonyl (C=O) groups is 2. The van der Waals surface area contributed by atoms with Crippen LogP contribution < -0.4 is 5.32 Å². The molecule has 0 aliphatic carbocycles. The van der Waals surface area contributed by atoms with Crippen molar-refractivity contribution in [2.45, 2.75) is 6.42 Å². The Hall–Kier alpha value is -2.75. The molecule has 0 unspecified atom stereocenters. The Balaban J connectivity index is 2.02. The van der Waals surface area contributed by atoms with E-state index in [0.29, 0.717) is 5.69 Å². The van der Waals surface area contributed by atoms with Gasteiger partial charge >= 0.3 is 11.8 Å². The summed E-state index contributed by atoms with van der Waals surface area (Å²) in [5.41, 5.74) is 0.519. The van der Waals surface area contributed by atoms with Crippen LogP contribution >= 0.6 is 11.3 Å². The van der Waals surface area contributed by atoms with E-state index in [2.05, 4.69) is 20.0 Å². The highest BCUT2D eigenvalue weighted by Crippen LogP contribution is 2.18. The first-order valence-corrected chi connectivity index (χ1v) is 6.53. The number of rotatable bonds is 5. The van der Waals surface area contributed by atoms with E-state index < -0.39 is 16.8 Å². The topological polar surface area (TPSA) is 127 Å². The molecule has 0 aliphatic rings. The molecule has 2 heterocycles. The van der Waals surface area contributed by atoms with Crippen LogP contribution in [0.25, 0.3) is 0 Å². The molecule has 21 heavy (non-hydrogen) atoms. The van der Waals surface area contributed by atoms with Gasteiger partial charge in [0.05, 0.1) is 19.2 Å².